The molecule has 0 aromatic rings. The molecule has 0 amide bonds. The van der Waals surface area contributed by atoms with Gasteiger partial charge in [-0.25, -0.2) is 0 Å². The van der Waals surface area contributed by atoms with E-state index < -0.39 is 0 Å². The fraction of sp³-hybridized carbons (Fsp3) is 0.667. The summed E-state index contributed by atoms with van der Waals surface area (Å²) in [7, 11) is 0. The summed E-state index contributed by atoms with van der Waals surface area (Å²) in [5.41, 5.74) is 5.50. The fourth-order valence-electron chi connectivity index (χ4n) is 1.28. The van der Waals surface area contributed by atoms with Crippen molar-refractivity contribution in [2.75, 3.05) is 39.3 Å². The van der Waals surface area contributed by atoms with Crippen molar-refractivity contribution >= 4 is 87.5 Å². The molecule has 4 nitrogen and oxygen atoms in total. The molecule has 0 bridgehead atoms. The van der Waals surface area contributed by atoms with Gasteiger partial charge in [-0.2, -0.15) is 0 Å². The molecule has 0 atom stereocenters. The zero-order valence-corrected chi connectivity index (χ0v) is 27.4. The van der Waals surface area contributed by atoms with Crippen molar-refractivity contribution in [1.29, 1.82) is 0 Å². The summed E-state index contributed by atoms with van der Waals surface area (Å²) in [6.45, 7) is 3.67. The Hall–Kier alpha value is 5.20. The van der Waals surface area contributed by atoms with Crippen LogP contribution in [0.5, 0.6) is 0 Å². The van der Waals surface area contributed by atoms with Gasteiger partial charge in [-0.15, -0.1) is 0 Å². The molecule has 0 heterocycles. The van der Waals surface area contributed by atoms with Crippen molar-refractivity contribution in [1.82, 2.24) is 15.1 Å². The summed E-state index contributed by atoms with van der Waals surface area (Å²) in [5, 5.41) is 2.89. The molecule has 0 aromatic carbocycles. The molecular weight excluding hydrogens is 474 g/mol. The summed E-state index contributed by atoms with van der Waals surface area (Å²) < 4.78 is 1.15. The third-order valence-corrected chi connectivity index (χ3v) is 3.53. The maximum absolute atomic E-state index is 5.50. The van der Waals surface area contributed by atoms with E-state index in [0.717, 1.165) is 0 Å². The van der Waals surface area contributed by atoms with Gasteiger partial charge in [-0.1, -0.05) is 13.0 Å². The monoisotopic (exact) mass is 488 g/mol. The molecule has 110 valence electrons. The van der Waals surface area contributed by atoms with E-state index in [0.29, 0.717) is 52.2 Å². The third kappa shape index (κ3) is 19.9. The standard InChI is InChI=1S/C9H18N4S6.3K/c10-1-3-12(8(16)17)5-6-13(9(18)19)4-2-11-7(14)15;;;/h1-6,10H2,(H,16,17)(H,18,19)(H2,11,14,15);;;/q;3*+1/p-3. The Bertz CT molecular complexity index is 336. The summed E-state index contributed by atoms with van der Waals surface area (Å²) in [5.74, 6) is 0. The summed E-state index contributed by atoms with van der Waals surface area (Å²) in [6.07, 6.45) is 0. The van der Waals surface area contributed by atoms with Crippen LogP contribution in [0.2, 0.25) is 0 Å². The maximum Gasteiger partial charge on any atom is 1.00 e. The Morgan fingerprint density at radius 1 is 0.818 bits per heavy atom. The van der Waals surface area contributed by atoms with Gasteiger partial charge < -0.3 is 95.4 Å². The Balaban J connectivity index is -0.000000540. The zero-order valence-electron chi connectivity index (χ0n) is 13.2. The van der Waals surface area contributed by atoms with Crippen LogP contribution in [0.25, 0.3) is 0 Å². The van der Waals surface area contributed by atoms with Crippen molar-refractivity contribution in [3.8, 4) is 0 Å². The van der Waals surface area contributed by atoms with Gasteiger partial charge in [-0.05, 0) is 0 Å². The van der Waals surface area contributed by atoms with E-state index in [2.05, 4.69) is 5.32 Å². The van der Waals surface area contributed by atoms with E-state index in [1.807, 2.05) is 9.80 Å². The number of rotatable bonds is 8. The normalized spacial score (nSPS) is 8.41. The average Bonchev–Trinajstić information content (AvgIpc) is 2.30. The number of hydrogen-bond donors (Lipinski definition) is 2. The van der Waals surface area contributed by atoms with Crippen LogP contribution in [0, 0.1) is 0 Å². The number of nitrogens with two attached hydrogens (primary N) is 1. The molecule has 0 aliphatic heterocycles. The molecule has 0 aromatic heterocycles. The van der Waals surface area contributed by atoms with Crippen molar-refractivity contribution in [3.63, 3.8) is 0 Å². The van der Waals surface area contributed by atoms with E-state index in [1.165, 1.54) is 0 Å². The van der Waals surface area contributed by atoms with Crippen LogP contribution >= 0.6 is 36.7 Å². The Labute approximate surface area is 293 Å². The first kappa shape index (κ1) is 34.7. The predicted octanol–water partition coefficient (Wildman–Crippen LogP) is -9.35. The molecule has 3 N–H and O–H groups in total. The van der Waals surface area contributed by atoms with Crippen molar-refractivity contribution < 1.29 is 154 Å². The molecule has 13 heteroatoms. The van der Waals surface area contributed by atoms with Crippen LogP contribution in [0.4, 0.5) is 0 Å². The molecule has 0 spiro atoms. The Kier molecular flexibility index (Phi) is 35.5. The predicted molar refractivity (Wildman–Crippen MR) is 100 cm³/mol. The minimum atomic E-state index is 0. The van der Waals surface area contributed by atoms with Crippen molar-refractivity contribution in [2.24, 2.45) is 5.73 Å². The molecule has 0 saturated carbocycles. The maximum atomic E-state index is 5.50. The topological polar surface area (TPSA) is 44.5 Å². The van der Waals surface area contributed by atoms with Gasteiger partial charge in [0.05, 0.1) is 0 Å². The van der Waals surface area contributed by atoms with Gasteiger partial charge >= 0.3 is 154 Å². The van der Waals surface area contributed by atoms with Gasteiger partial charge in [0.25, 0.3) is 0 Å². The second-order valence-electron chi connectivity index (χ2n) is 3.51. The fourth-order valence-corrected chi connectivity index (χ4v) is 2.21. The van der Waals surface area contributed by atoms with Gasteiger partial charge in [0.1, 0.15) is 0 Å². The molecule has 0 aliphatic carbocycles. The van der Waals surface area contributed by atoms with Crippen LogP contribution in [0.1, 0.15) is 0 Å². The minimum Gasteiger partial charge on any atom is -0.412 e. The average molecular weight is 489 g/mol. The second-order valence-corrected chi connectivity index (χ2v) is 6.65. The molecular formula is C9H15K3N4S6. The molecule has 0 saturated heterocycles. The summed E-state index contributed by atoms with van der Waals surface area (Å²) >= 11 is 29.6. The first-order chi connectivity index (χ1) is 8.88. The van der Waals surface area contributed by atoms with Crippen molar-refractivity contribution in [3.05, 3.63) is 0 Å². The molecule has 0 rings (SSSR count). The SMILES string of the molecule is NCCN(CCN(CCNC(=S)[S-])C(=S)[S-])C(=S)[S-].[K+].[K+].[K+]. The third-order valence-electron chi connectivity index (χ3n) is 2.21. The summed E-state index contributed by atoms with van der Waals surface area (Å²) in [6, 6.07) is 0. The molecule has 0 unspecified atom stereocenters. The van der Waals surface area contributed by atoms with E-state index in [4.69, 9.17) is 80.3 Å². The van der Waals surface area contributed by atoms with Gasteiger partial charge in [0.15, 0.2) is 0 Å². The van der Waals surface area contributed by atoms with Gasteiger partial charge in [-0.3, -0.25) is 0 Å². The quantitative estimate of drug-likeness (QED) is 0.196. The number of hydrogen-bond acceptors (Lipinski definition) is 7. The molecule has 0 aliphatic rings. The van der Waals surface area contributed by atoms with Crippen LogP contribution < -0.4 is 165 Å². The minimum absolute atomic E-state index is 0. The Morgan fingerprint density at radius 2 is 1.23 bits per heavy atom. The van der Waals surface area contributed by atoms with Crippen molar-refractivity contribution in [2.45, 2.75) is 0 Å². The summed E-state index contributed by atoms with van der Waals surface area (Å²) in [4.78, 5) is 3.73. The van der Waals surface area contributed by atoms with Crippen LogP contribution in [-0.2, 0) is 37.9 Å². The number of nitrogens with zero attached hydrogens (tertiary/aromatic N) is 2. The van der Waals surface area contributed by atoms with Gasteiger partial charge in [0, 0.05) is 39.3 Å². The van der Waals surface area contributed by atoms with E-state index in [1.54, 1.807) is 0 Å². The van der Waals surface area contributed by atoms with E-state index >= 15 is 0 Å². The number of nitrogens with one attached hydrogen (secondary N) is 1. The molecule has 22 heavy (non-hydrogen) atoms. The second kappa shape index (κ2) is 22.5. The van der Waals surface area contributed by atoms with Gasteiger partial charge in [0.2, 0.25) is 0 Å². The van der Waals surface area contributed by atoms with E-state index in [-0.39, 0.29) is 154 Å². The largest absolute Gasteiger partial charge is 1.00 e. The van der Waals surface area contributed by atoms with Crippen LogP contribution in [-0.4, -0.2) is 62.0 Å². The first-order valence-corrected chi connectivity index (χ1v) is 7.90. The smallest absolute Gasteiger partial charge is 0.412 e. The Morgan fingerprint density at radius 3 is 1.55 bits per heavy atom. The number of thiocarbonyl (C=S) groups is 3. The van der Waals surface area contributed by atoms with Crippen LogP contribution in [0.15, 0.2) is 0 Å². The zero-order chi connectivity index (χ0) is 14.8. The molecule has 0 fully saturated rings. The first-order valence-electron chi connectivity index (χ1n) is 5.45. The van der Waals surface area contributed by atoms with Crippen LogP contribution in [0.3, 0.4) is 0 Å². The molecule has 0 radical (unpaired) electrons. The van der Waals surface area contributed by atoms with E-state index in [9.17, 15) is 0 Å².